The number of rotatable bonds is 2. The zero-order valence-corrected chi connectivity index (χ0v) is 9.43. The van der Waals surface area contributed by atoms with Gasteiger partial charge in [-0.2, -0.15) is 0 Å². The van der Waals surface area contributed by atoms with Gasteiger partial charge in [0.25, 0.3) is 0 Å². The molecule has 1 aliphatic rings. The van der Waals surface area contributed by atoms with E-state index in [-0.39, 0.29) is 5.97 Å². The maximum atomic E-state index is 11.4. The van der Waals surface area contributed by atoms with Crippen molar-refractivity contribution in [2.24, 2.45) is 0 Å². The van der Waals surface area contributed by atoms with Crippen molar-refractivity contribution in [3.63, 3.8) is 0 Å². The van der Waals surface area contributed by atoms with Crippen LogP contribution in [0, 0.1) is 13.8 Å². The van der Waals surface area contributed by atoms with E-state index in [1.165, 1.54) is 0 Å². The summed E-state index contributed by atoms with van der Waals surface area (Å²) in [5.41, 5.74) is 2.59. The van der Waals surface area contributed by atoms with Gasteiger partial charge >= 0.3 is 5.97 Å². The fourth-order valence-corrected chi connectivity index (χ4v) is 2.03. The van der Waals surface area contributed by atoms with Gasteiger partial charge in [-0.15, -0.1) is 0 Å². The normalized spacial score (nSPS) is 19.7. The van der Waals surface area contributed by atoms with Crippen LogP contribution in [-0.4, -0.2) is 23.8 Å². The van der Waals surface area contributed by atoms with E-state index in [9.17, 15) is 10.0 Å². The summed E-state index contributed by atoms with van der Waals surface area (Å²) in [6, 6.07) is 5.17. The van der Waals surface area contributed by atoms with Crippen LogP contribution in [0.15, 0.2) is 18.2 Å². The Balaban J connectivity index is 2.33. The summed E-state index contributed by atoms with van der Waals surface area (Å²) in [7, 11) is 0. The fourth-order valence-electron chi connectivity index (χ4n) is 2.03. The predicted molar refractivity (Wildman–Crippen MR) is 59.5 cm³/mol. The Hall–Kier alpha value is -1.55. The average Bonchev–Trinajstić information content (AvgIpc) is 2.64. The molecule has 0 saturated carbocycles. The van der Waals surface area contributed by atoms with Gasteiger partial charge in [-0.3, -0.25) is 5.21 Å². The monoisotopic (exact) mass is 221 g/mol. The minimum absolute atomic E-state index is 0.356. The Labute approximate surface area is 94.4 Å². The van der Waals surface area contributed by atoms with Gasteiger partial charge < -0.3 is 4.74 Å². The number of nitrogens with zero attached hydrogens (tertiary/aromatic N) is 1. The number of benzene rings is 1. The van der Waals surface area contributed by atoms with Crippen LogP contribution in [0.25, 0.3) is 0 Å². The van der Waals surface area contributed by atoms with Gasteiger partial charge in [-0.1, -0.05) is 18.2 Å². The Morgan fingerprint density at radius 2 is 2.00 bits per heavy atom. The van der Waals surface area contributed by atoms with Gasteiger partial charge in [0.1, 0.15) is 0 Å². The van der Waals surface area contributed by atoms with Crippen LogP contribution in [0.3, 0.4) is 0 Å². The number of hydrogen-bond acceptors (Lipinski definition) is 4. The van der Waals surface area contributed by atoms with E-state index in [1.807, 2.05) is 32.0 Å². The second-order valence-electron chi connectivity index (χ2n) is 4.06. The Bertz CT molecular complexity index is 396. The number of para-hydroxylation sites is 1. The number of hydrogen-bond donors (Lipinski definition) is 1. The minimum Gasteiger partial charge on any atom is -0.464 e. The van der Waals surface area contributed by atoms with E-state index >= 15 is 0 Å². The van der Waals surface area contributed by atoms with Gasteiger partial charge in [0, 0.05) is 6.42 Å². The molecule has 1 heterocycles. The van der Waals surface area contributed by atoms with Crippen LogP contribution < -0.4 is 5.06 Å². The molecule has 1 N–H and O–H groups in total. The summed E-state index contributed by atoms with van der Waals surface area (Å²) in [4.78, 5) is 11.4. The highest BCUT2D eigenvalue weighted by molar-refractivity contribution is 5.81. The predicted octanol–water partition coefficient (Wildman–Crippen LogP) is 1.81. The molecule has 0 aliphatic carbocycles. The molecule has 2 rings (SSSR count). The third kappa shape index (κ3) is 1.76. The summed E-state index contributed by atoms with van der Waals surface area (Å²) in [6.45, 7) is 4.20. The molecule has 1 fully saturated rings. The summed E-state index contributed by atoms with van der Waals surface area (Å²) >= 11 is 0. The molecule has 1 saturated heterocycles. The van der Waals surface area contributed by atoms with Crippen LogP contribution in [0.4, 0.5) is 5.69 Å². The zero-order chi connectivity index (χ0) is 11.7. The second-order valence-corrected chi connectivity index (χ2v) is 4.06. The minimum atomic E-state index is -0.570. The molecule has 1 unspecified atom stereocenters. The Kier molecular flexibility index (Phi) is 2.83. The first-order chi connectivity index (χ1) is 7.61. The fraction of sp³-hybridized carbons (Fsp3) is 0.417. The number of anilines is 1. The van der Waals surface area contributed by atoms with Crippen molar-refractivity contribution in [3.05, 3.63) is 29.3 Å². The highest BCUT2D eigenvalue weighted by Crippen LogP contribution is 2.27. The standard InChI is InChI=1S/C12H15NO3/c1-8-4-3-5-9(2)11(8)13(15)10-6-7-16-12(10)14/h3-5,10,15H,6-7H2,1-2H3. The maximum absolute atomic E-state index is 11.4. The summed E-state index contributed by atoms with van der Waals surface area (Å²) in [6.07, 6.45) is 0.531. The topological polar surface area (TPSA) is 49.8 Å². The number of ether oxygens (including phenoxy) is 1. The molecule has 4 nitrogen and oxygen atoms in total. The van der Waals surface area contributed by atoms with Crippen molar-refractivity contribution >= 4 is 11.7 Å². The van der Waals surface area contributed by atoms with Crippen molar-refractivity contribution in [3.8, 4) is 0 Å². The summed E-state index contributed by atoms with van der Waals surface area (Å²) in [5, 5.41) is 11.1. The Morgan fingerprint density at radius 3 is 2.50 bits per heavy atom. The average molecular weight is 221 g/mol. The number of hydroxylamine groups is 1. The van der Waals surface area contributed by atoms with Crippen LogP contribution in [-0.2, 0) is 9.53 Å². The van der Waals surface area contributed by atoms with Crippen LogP contribution >= 0.6 is 0 Å². The van der Waals surface area contributed by atoms with Gasteiger partial charge in [0.05, 0.1) is 12.3 Å². The lowest BCUT2D eigenvalue weighted by molar-refractivity contribution is -0.140. The second kappa shape index (κ2) is 4.14. The molecular weight excluding hydrogens is 206 g/mol. The van der Waals surface area contributed by atoms with Crippen molar-refractivity contribution < 1.29 is 14.7 Å². The molecule has 0 amide bonds. The first-order valence-electron chi connectivity index (χ1n) is 5.32. The van der Waals surface area contributed by atoms with E-state index in [2.05, 4.69) is 0 Å². The first-order valence-corrected chi connectivity index (χ1v) is 5.32. The molecule has 1 aromatic carbocycles. The van der Waals surface area contributed by atoms with Crippen LogP contribution in [0.1, 0.15) is 17.5 Å². The molecule has 1 aliphatic heterocycles. The van der Waals surface area contributed by atoms with E-state index < -0.39 is 6.04 Å². The van der Waals surface area contributed by atoms with Gasteiger partial charge in [-0.25, -0.2) is 9.86 Å². The lowest BCUT2D eigenvalue weighted by Crippen LogP contribution is -2.36. The van der Waals surface area contributed by atoms with Gasteiger partial charge in [-0.05, 0) is 25.0 Å². The number of aryl methyl sites for hydroxylation is 2. The maximum Gasteiger partial charge on any atom is 0.331 e. The first kappa shape index (κ1) is 11.0. The van der Waals surface area contributed by atoms with Crippen molar-refractivity contribution in [1.82, 2.24) is 0 Å². The zero-order valence-electron chi connectivity index (χ0n) is 9.43. The quantitative estimate of drug-likeness (QED) is 0.611. The molecule has 4 heteroatoms. The van der Waals surface area contributed by atoms with Crippen LogP contribution in [0.2, 0.25) is 0 Å². The molecular formula is C12H15NO3. The smallest absolute Gasteiger partial charge is 0.331 e. The highest BCUT2D eigenvalue weighted by atomic mass is 16.6. The molecule has 1 atom stereocenters. The SMILES string of the molecule is Cc1cccc(C)c1N(O)C1CCOC1=O. The highest BCUT2D eigenvalue weighted by Gasteiger charge is 2.33. The van der Waals surface area contributed by atoms with E-state index in [0.717, 1.165) is 16.2 Å². The number of cyclic esters (lactones) is 1. The molecule has 86 valence electrons. The Morgan fingerprint density at radius 1 is 1.38 bits per heavy atom. The van der Waals surface area contributed by atoms with Crippen molar-refractivity contribution in [2.75, 3.05) is 11.7 Å². The largest absolute Gasteiger partial charge is 0.464 e. The third-order valence-electron chi connectivity index (χ3n) is 2.87. The van der Waals surface area contributed by atoms with Crippen molar-refractivity contribution in [1.29, 1.82) is 0 Å². The number of esters is 1. The van der Waals surface area contributed by atoms with E-state index in [0.29, 0.717) is 18.7 Å². The molecule has 0 bridgehead atoms. The van der Waals surface area contributed by atoms with Crippen LogP contribution in [0.5, 0.6) is 0 Å². The van der Waals surface area contributed by atoms with Crippen molar-refractivity contribution in [2.45, 2.75) is 26.3 Å². The summed E-state index contributed by atoms with van der Waals surface area (Å²) < 4.78 is 4.85. The molecule has 1 aromatic rings. The molecule has 16 heavy (non-hydrogen) atoms. The van der Waals surface area contributed by atoms with E-state index in [1.54, 1.807) is 0 Å². The van der Waals surface area contributed by atoms with E-state index in [4.69, 9.17) is 4.74 Å². The van der Waals surface area contributed by atoms with Gasteiger partial charge in [0.2, 0.25) is 0 Å². The molecule has 0 radical (unpaired) electrons. The lowest BCUT2D eigenvalue weighted by Gasteiger charge is -2.24. The van der Waals surface area contributed by atoms with Gasteiger partial charge in [0.15, 0.2) is 6.04 Å². The third-order valence-corrected chi connectivity index (χ3v) is 2.87. The lowest BCUT2D eigenvalue weighted by atomic mass is 10.1. The molecule has 0 aromatic heterocycles. The number of carbonyl (C=O) groups is 1. The number of carbonyl (C=O) groups excluding carboxylic acids is 1. The summed E-state index contributed by atoms with van der Waals surface area (Å²) in [5.74, 6) is -0.356. The molecule has 0 spiro atoms.